The predicted molar refractivity (Wildman–Crippen MR) is 65.8 cm³/mol. The molecule has 1 unspecified atom stereocenters. The Bertz CT molecular complexity index is 360. The molecule has 21 heavy (non-hydrogen) atoms. The molecule has 0 aliphatic rings. The number of alkyl halides is 5. The van der Waals surface area contributed by atoms with Gasteiger partial charge < -0.3 is 9.47 Å². The number of rotatable bonds is 6. The van der Waals surface area contributed by atoms with E-state index in [-0.39, 0.29) is 0 Å². The Kier molecular flexibility index (Phi) is 6.17. The van der Waals surface area contributed by atoms with Crippen LogP contribution in [0.25, 0.3) is 0 Å². The summed E-state index contributed by atoms with van der Waals surface area (Å²) in [7, 11) is 0. The molecule has 126 valence electrons. The van der Waals surface area contributed by atoms with E-state index in [9.17, 15) is 26.7 Å². The van der Waals surface area contributed by atoms with Crippen molar-refractivity contribution in [1.82, 2.24) is 0 Å². The topological polar surface area (TPSA) is 35.5 Å². The van der Waals surface area contributed by atoms with Gasteiger partial charge in [-0.05, 0) is 34.1 Å². The number of carbonyl (C=O) groups is 1. The summed E-state index contributed by atoms with van der Waals surface area (Å²) in [6.07, 6.45) is -10.4. The second kappa shape index (κ2) is 6.46. The zero-order valence-electron chi connectivity index (χ0n) is 12.7. The minimum absolute atomic E-state index is 0.397. The standard InChI is InChI=1S/C13H21F5O3/c1-6-11(5,12(14,15)16)13(17,18)21-8-7-20-9(19)10(2,3)4/h6-8H2,1-5H3. The van der Waals surface area contributed by atoms with Crippen molar-refractivity contribution in [2.45, 2.75) is 53.3 Å². The fourth-order valence-corrected chi connectivity index (χ4v) is 1.25. The number of esters is 1. The molecule has 0 saturated carbocycles. The minimum Gasteiger partial charge on any atom is -0.463 e. The van der Waals surface area contributed by atoms with Crippen LogP contribution in [0.3, 0.4) is 0 Å². The Hall–Kier alpha value is -0.920. The highest BCUT2D eigenvalue weighted by Crippen LogP contribution is 2.51. The van der Waals surface area contributed by atoms with Crippen LogP contribution >= 0.6 is 0 Å². The van der Waals surface area contributed by atoms with Gasteiger partial charge >= 0.3 is 18.3 Å². The summed E-state index contributed by atoms with van der Waals surface area (Å²) in [5, 5.41) is 0. The van der Waals surface area contributed by atoms with Gasteiger partial charge in [0.2, 0.25) is 0 Å². The van der Waals surface area contributed by atoms with Crippen LogP contribution in [0.1, 0.15) is 41.0 Å². The molecule has 8 heteroatoms. The Morgan fingerprint density at radius 2 is 1.43 bits per heavy atom. The van der Waals surface area contributed by atoms with Gasteiger partial charge in [-0.1, -0.05) is 6.92 Å². The first kappa shape index (κ1) is 20.1. The van der Waals surface area contributed by atoms with Crippen LogP contribution in [-0.4, -0.2) is 31.5 Å². The average Bonchev–Trinajstić information content (AvgIpc) is 2.30. The van der Waals surface area contributed by atoms with Crippen LogP contribution < -0.4 is 0 Å². The van der Waals surface area contributed by atoms with Crippen molar-refractivity contribution in [3.63, 3.8) is 0 Å². The lowest BCUT2D eigenvalue weighted by Gasteiger charge is -2.37. The van der Waals surface area contributed by atoms with Gasteiger partial charge in [0.25, 0.3) is 0 Å². The van der Waals surface area contributed by atoms with E-state index in [0.29, 0.717) is 6.92 Å². The molecule has 0 spiro atoms. The van der Waals surface area contributed by atoms with E-state index < -0.39 is 48.7 Å². The van der Waals surface area contributed by atoms with Crippen molar-refractivity contribution in [1.29, 1.82) is 0 Å². The molecule has 0 heterocycles. The molecular formula is C13H21F5O3. The Morgan fingerprint density at radius 3 is 1.76 bits per heavy atom. The molecule has 0 amide bonds. The highest BCUT2D eigenvalue weighted by Gasteiger charge is 2.66. The fraction of sp³-hybridized carbons (Fsp3) is 0.923. The van der Waals surface area contributed by atoms with Crippen LogP contribution in [-0.2, 0) is 14.3 Å². The summed E-state index contributed by atoms with van der Waals surface area (Å²) in [6.45, 7) is 4.72. The number of halogens is 5. The first-order valence-corrected chi connectivity index (χ1v) is 6.45. The van der Waals surface area contributed by atoms with Gasteiger partial charge in [0, 0.05) is 0 Å². The van der Waals surface area contributed by atoms with E-state index in [0.717, 1.165) is 6.92 Å². The molecule has 1 atom stereocenters. The summed E-state index contributed by atoms with van der Waals surface area (Å²) in [5.41, 5.74) is -4.12. The number of carbonyl (C=O) groups excluding carboxylic acids is 1. The van der Waals surface area contributed by atoms with E-state index in [1.165, 1.54) is 0 Å². The summed E-state index contributed by atoms with van der Waals surface area (Å²) < 4.78 is 74.2. The molecule has 0 fully saturated rings. The van der Waals surface area contributed by atoms with E-state index in [1.54, 1.807) is 20.8 Å². The second-order valence-corrected chi connectivity index (χ2v) is 5.93. The molecule has 0 saturated heterocycles. The lowest BCUT2D eigenvalue weighted by Crippen LogP contribution is -2.51. The molecule has 0 aliphatic heterocycles. The largest absolute Gasteiger partial charge is 0.463 e. The molecular weight excluding hydrogens is 299 g/mol. The first-order chi connectivity index (χ1) is 9.19. The molecule has 0 aromatic rings. The van der Waals surface area contributed by atoms with E-state index in [2.05, 4.69) is 9.47 Å². The van der Waals surface area contributed by atoms with Crippen LogP contribution in [0.15, 0.2) is 0 Å². The van der Waals surface area contributed by atoms with E-state index in [1.807, 2.05) is 0 Å². The van der Waals surface area contributed by atoms with Gasteiger partial charge in [-0.3, -0.25) is 4.79 Å². The summed E-state index contributed by atoms with van der Waals surface area (Å²) in [5.74, 6) is -0.650. The zero-order valence-corrected chi connectivity index (χ0v) is 12.7. The van der Waals surface area contributed by atoms with Crippen molar-refractivity contribution in [3.05, 3.63) is 0 Å². The van der Waals surface area contributed by atoms with Crippen LogP contribution in [0.4, 0.5) is 22.0 Å². The van der Waals surface area contributed by atoms with Crippen LogP contribution in [0, 0.1) is 10.8 Å². The Morgan fingerprint density at radius 1 is 0.952 bits per heavy atom. The highest BCUT2D eigenvalue weighted by atomic mass is 19.4. The minimum atomic E-state index is -5.12. The lowest BCUT2D eigenvalue weighted by molar-refractivity contribution is -0.380. The molecule has 0 N–H and O–H groups in total. The summed E-state index contributed by atoms with van der Waals surface area (Å²) in [6, 6.07) is 0. The van der Waals surface area contributed by atoms with Crippen LogP contribution in [0.2, 0.25) is 0 Å². The maximum Gasteiger partial charge on any atom is 0.402 e. The van der Waals surface area contributed by atoms with Gasteiger partial charge in [0.15, 0.2) is 5.41 Å². The fourth-order valence-electron chi connectivity index (χ4n) is 1.25. The second-order valence-electron chi connectivity index (χ2n) is 5.93. The third-order valence-corrected chi connectivity index (χ3v) is 3.19. The molecule has 0 aliphatic carbocycles. The Labute approximate surface area is 120 Å². The third kappa shape index (κ3) is 4.79. The molecule has 0 aromatic carbocycles. The van der Waals surface area contributed by atoms with Gasteiger partial charge in [-0.15, -0.1) is 0 Å². The molecule has 0 radical (unpaired) electrons. The number of hydrogen-bond acceptors (Lipinski definition) is 3. The average molecular weight is 320 g/mol. The van der Waals surface area contributed by atoms with Crippen LogP contribution in [0.5, 0.6) is 0 Å². The van der Waals surface area contributed by atoms with Crippen molar-refractivity contribution in [3.8, 4) is 0 Å². The number of hydrogen-bond donors (Lipinski definition) is 0. The first-order valence-electron chi connectivity index (χ1n) is 6.45. The smallest absolute Gasteiger partial charge is 0.402 e. The van der Waals surface area contributed by atoms with E-state index >= 15 is 0 Å². The number of ether oxygens (including phenoxy) is 2. The molecule has 0 rings (SSSR count). The van der Waals surface area contributed by atoms with Gasteiger partial charge in [0.05, 0.1) is 12.0 Å². The molecule has 0 aromatic heterocycles. The zero-order chi connectivity index (χ0) is 17.1. The Balaban J connectivity index is 4.60. The van der Waals surface area contributed by atoms with Crippen molar-refractivity contribution in [2.75, 3.05) is 13.2 Å². The SMILES string of the molecule is CCC(C)(C(F)(F)F)C(F)(F)OCCOC(=O)C(C)(C)C. The van der Waals surface area contributed by atoms with Crippen molar-refractivity contribution < 1.29 is 36.2 Å². The maximum absolute atomic E-state index is 13.6. The van der Waals surface area contributed by atoms with E-state index in [4.69, 9.17) is 0 Å². The van der Waals surface area contributed by atoms with Gasteiger partial charge in [0.1, 0.15) is 6.61 Å². The van der Waals surface area contributed by atoms with Gasteiger partial charge in [-0.2, -0.15) is 22.0 Å². The normalized spacial score (nSPS) is 16.5. The highest BCUT2D eigenvalue weighted by molar-refractivity contribution is 5.75. The maximum atomic E-state index is 13.6. The molecule has 3 nitrogen and oxygen atoms in total. The lowest BCUT2D eigenvalue weighted by atomic mass is 9.85. The third-order valence-electron chi connectivity index (χ3n) is 3.19. The quantitative estimate of drug-likeness (QED) is 0.419. The summed E-state index contributed by atoms with van der Waals surface area (Å²) in [4.78, 5) is 11.4. The molecule has 0 bridgehead atoms. The monoisotopic (exact) mass is 320 g/mol. The summed E-state index contributed by atoms with van der Waals surface area (Å²) >= 11 is 0. The van der Waals surface area contributed by atoms with Gasteiger partial charge in [-0.25, -0.2) is 0 Å². The van der Waals surface area contributed by atoms with Crippen molar-refractivity contribution in [2.24, 2.45) is 10.8 Å². The predicted octanol–water partition coefficient (Wildman–Crippen LogP) is 4.16. The van der Waals surface area contributed by atoms with Crippen molar-refractivity contribution >= 4 is 5.97 Å².